The van der Waals surface area contributed by atoms with Crippen LogP contribution >= 0.6 is 0 Å². The molecule has 0 radical (unpaired) electrons. The zero-order valence-electron chi connectivity index (χ0n) is 9.59. The summed E-state index contributed by atoms with van der Waals surface area (Å²) in [6.07, 6.45) is 0.624. The Labute approximate surface area is 95.5 Å². The maximum Gasteiger partial charge on any atom is 0.104 e. The normalized spacial score (nSPS) is 39.8. The first-order chi connectivity index (χ1) is 7.65. The van der Waals surface area contributed by atoms with Gasteiger partial charge in [-0.2, -0.15) is 0 Å². The zero-order chi connectivity index (χ0) is 11.7. The van der Waals surface area contributed by atoms with Gasteiger partial charge in [0.15, 0.2) is 0 Å². The molecule has 1 aliphatic heterocycles. The van der Waals surface area contributed by atoms with E-state index in [1.807, 2.05) is 6.92 Å². The molecule has 2 aliphatic rings. The van der Waals surface area contributed by atoms with Gasteiger partial charge < -0.3 is 20.1 Å². The summed E-state index contributed by atoms with van der Waals surface area (Å²) in [7, 11) is 0. The van der Waals surface area contributed by atoms with Crippen molar-refractivity contribution in [1.82, 2.24) is 0 Å². The summed E-state index contributed by atoms with van der Waals surface area (Å²) >= 11 is 0. The second-order valence-electron chi connectivity index (χ2n) is 4.67. The molecule has 4 heteroatoms. The first-order valence-corrected chi connectivity index (χ1v) is 6.03. The van der Waals surface area contributed by atoms with E-state index in [-0.39, 0.29) is 6.10 Å². The number of rotatable bonds is 2. The summed E-state index contributed by atoms with van der Waals surface area (Å²) in [6, 6.07) is 0. The van der Waals surface area contributed by atoms with Gasteiger partial charge in [-0.1, -0.05) is 13.3 Å². The Balaban J connectivity index is 2.23. The molecule has 0 fully saturated rings. The Bertz CT molecular complexity index is 287. The lowest BCUT2D eigenvalue weighted by Crippen LogP contribution is -2.45. The van der Waals surface area contributed by atoms with E-state index in [0.29, 0.717) is 30.6 Å². The minimum atomic E-state index is -0.756. The number of aliphatic hydroxyl groups is 3. The lowest BCUT2D eigenvalue weighted by atomic mass is 9.81. The molecule has 0 aromatic rings. The fourth-order valence-corrected chi connectivity index (χ4v) is 2.63. The van der Waals surface area contributed by atoms with Crippen molar-refractivity contribution in [2.24, 2.45) is 0 Å². The molecule has 92 valence electrons. The van der Waals surface area contributed by atoms with Crippen LogP contribution in [0.3, 0.4) is 0 Å². The molecular weight excluding hydrogens is 208 g/mol. The molecule has 0 amide bonds. The number of aliphatic hydroxyl groups excluding tert-OH is 3. The molecule has 4 nitrogen and oxygen atoms in total. The molecule has 0 aromatic heterocycles. The molecule has 1 heterocycles. The van der Waals surface area contributed by atoms with Crippen LogP contribution in [0.1, 0.15) is 32.6 Å². The van der Waals surface area contributed by atoms with Gasteiger partial charge in [-0.05, 0) is 30.4 Å². The largest absolute Gasteiger partial charge is 0.389 e. The highest BCUT2D eigenvalue weighted by atomic mass is 16.5. The molecular formula is C12H20O4. The summed E-state index contributed by atoms with van der Waals surface area (Å²) in [6.45, 7) is 2.38. The number of hydrogen-bond donors (Lipinski definition) is 3. The summed E-state index contributed by atoms with van der Waals surface area (Å²) in [5.41, 5.74) is 1.31. The van der Waals surface area contributed by atoms with Crippen molar-refractivity contribution in [2.45, 2.75) is 57.0 Å². The maximum atomic E-state index is 10.1. The Kier molecular flexibility index (Phi) is 3.64. The van der Waals surface area contributed by atoms with Crippen molar-refractivity contribution >= 4 is 0 Å². The summed E-state index contributed by atoms with van der Waals surface area (Å²) in [5.74, 6) is 0. The number of ether oxygens (including phenoxy) is 1. The lowest BCUT2D eigenvalue weighted by molar-refractivity contribution is -0.0557. The molecule has 1 aliphatic carbocycles. The third-order valence-corrected chi connectivity index (χ3v) is 3.54. The molecule has 0 aromatic carbocycles. The second-order valence-corrected chi connectivity index (χ2v) is 4.67. The predicted molar refractivity (Wildman–Crippen MR) is 58.9 cm³/mol. The monoisotopic (exact) mass is 228 g/mol. The van der Waals surface area contributed by atoms with Gasteiger partial charge in [-0.3, -0.25) is 0 Å². The predicted octanol–water partition coefficient (Wildman–Crippen LogP) is 0.358. The van der Waals surface area contributed by atoms with Crippen molar-refractivity contribution in [3.63, 3.8) is 0 Å². The van der Waals surface area contributed by atoms with E-state index < -0.39 is 18.3 Å². The van der Waals surface area contributed by atoms with E-state index in [2.05, 4.69) is 0 Å². The Morgan fingerprint density at radius 3 is 2.56 bits per heavy atom. The van der Waals surface area contributed by atoms with Crippen molar-refractivity contribution < 1.29 is 20.1 Å². The van der Waals surface area contributed by atoms with E-state index in [4.69, 9.17) is 4.74 Å². The quantitative estimate of drug-likeness (QED) is 0.597. The maximum absolute atomic E-state index is 10.1. The van der Waals surface area contributed by atoms with Crippen LogP contribution in [0.4, 0.5) is 0 Å². The fourth-order valence-electron chi connectivity index (χ4n) is 2.63. The van der Waals surface area contributed by atoms with Crippen LogP contribution in [-0.2, 0) is 4.74 Å². The highest BCUT2D eigenvalue weighted by Gasteiger charge is 2.38. The average molecular weight is 228 g/mol. The minimum absolute atomic E-state index is 0.233. The summed E-state index contributed by atoms with van der Waals surface area (Å²) < 4.78 is 5.54. The highest BCUT2D eigenvalue weighted by molar-refractivity contribution is 5.31. The topological polar surface area (TPSA) is 69.9 Å². The standard InChI is InChI=1S/C12H20O4/c1-2-3-10-12(15)11-7(6-16-10)8(13)4-5-9(11)14/h8-10,12-15H,2-6H2,1H3/t8-,9+,10+,12+/m1/s1. The average Bonchev–Trinajstić information content (AvgIpc) is 2.27. The van der Waals surface area contributed by atoms with Gasteiger partial charge >= 0.3 is 0 Å². The van der Waals surface area contributed by atoms with Crippen molar-refractivity contribution in [3.8, 4) is 0 Å². The molecule has 4 atom stereocenters. The Morgan fingerprint density at radius 1 is 1.19 bits per heavy atom. The molecule has 0 saturated carbocycles. The third kappa shape index (κ3) is 2.02. The van der Waals surface area contributed by atoms with Crippen molar-refractivity contribution in [2.75, 3.05) is 6.61 Å². The van der Waals surface area contributed by atoms with E-state index in [9.17, 15) is 15.3 Å². The van der Waals surface area contributed by atoms with Gasteiger partial charge in [0.25, 0.3) is 0 Å². The number of hydrogen-bond acceptors (Lipinski definition) is 4. The third-order valence-electron chi connectivity index (χ3n) is 3.54. The van der Waals surface area contributed by atoms with Crippen LogP contribution in [-0.4, -0.2) is 46.3 Å². The highest BCUT2D eigenvalue weighted by Crippen LogP contribution is 2.34. The van der Waals surface area contributed by atoms with Gasteiger partial charge in [-0.25, -0.2) is 0 Å². The van der Waals surface area contributed by atoms with Gasteiger partial charge in [0.2, 0.25) is 0 Å². The van der Waals surface area contributed by atoms with Crippen LogP contribution in [0.5, 0.6) is 0 Å². The van der Waals surface area contributed by atoms with Crippen molar-refractivity contribution in [1.29, 1.82) is 0 Å². The van der Waals surface area contributed by atoms with Crippen LogP contribution in [0.25, 0.3) is 0 Å². The van der Waals surface area contributed by atoms with E-state index in [1.165, 1.54) is 0 Å². The summed E-state index contributed by atoms with van der Waals surface area (Å²) in [5, 5.41) is 29.8. The Morgan fingerprint density at radius 2 is 1.88 bits per heavy atom. The van der Waals surface area contributed by atoms with Crippen LogP contribution < -0.4 is 0 Å². The van der Waals surface area contributed by atoms with Gasteiger partial charge in [-0.15, -0.1) is 0 Å². The lowest BCUT2D eigenvalue weighted by Gasteiger charge is -2.39. The van der Waals surface area contributed by atoms with E-state index >= 15 is 0 Å². The summed E-state index contributed by atoms with van der Waals surface area (Å²) in [4.78, 5) is 0. The van der Waals surface area contributed by atoms with E-state index in [1.54, 1.807) is 0 Å². The molecule has 0 unspecified atom stereocenters. The molecule has 0 saturated heterocycles. The first kappa shape index (κ1) is 12.0. The zero-order valence-corrected chi connectivity index (χ0v) is 9.59. The fraction of sp³-hybridized carbons (Fsp3) is 0.833. The smallest absolute Gasteiger partial charge is 0.104 e. The van der Waals surface area contributed by atoms with E-state index in [0.717, 1.165) is 12.8 Å². The second kappa shape index (κ2) is 4.84. The molecule has 16 heavy (non-hydrogen) atoms. The van der Waals surface area contributed by atoms with Crippen LogP contribution in [0.2, 0.25) is 0 Å². The van der Waals surface area contributed by atoms with Crippen LogP contribution in [0.15, 0.2) is 11.1 Å². The van der Waals surface area contributed by atoms with Gasteiger partial charge in [0.1, 0.15) is 6.10 Å². The minimum Gasteiger partial charge on any atom is -0.389 e. The molecule has 2 rings (SSSR count). The van der Waals surface area contributed by atoms with Gasteiger partial charge in [0.05, 0.1) is 24.9 Å². The van der Waals surface area contributed by atoms with Gasteiger partial charge in [0, 0.05) is 0 Å². The van der Waals surface area contributed by atoms with Crippen molar-refractivity contribution in [3.05, 3.63) is 11.1 Å². The molecule has 3 N–H and O–H groups in total. The molecule has 0 spiro atoms. The first-order valence-electron chi connectivity index (χ1n) is 6.03. The SMILES string of the molecule is CCC[C@@H]1OCC2=C([C@H]1O)[C@@H](O)CC[C@H]2O. The van der Waals surface area contributed by atoms with Crippen LogP contribution in [0, 0.1) is 0 Å². The Hall–Kier alpha value is -0.420. The molecule has 0 bridgehead atoms.